The third-order valence-corrected chi connectivity index (χ3v) is 27.0. The Kier molecular flexibility index (Phi) is 29.5. The number of hydrogen-bond acceptors (Lipinski definition) is 21. The van der Waals surface area contributed by atoms with Crippen molar-refractivity contribution in [3.63, 3.8) is 0 Å². The molecule has 137 heavy (non-hydrogen) atoms. The first-order valence-corrected chi connectivity index (χ1v) is 45.5. The van der Waals surface area contributed by atoms with Gasteiger partial charge in [-0.1, -0.05) is 14.9 Å². The molecule has 38 heteroatoms. The zero-order valence-electron chi connectivity index (χ0n) is 72.0. The molecule has 0 aliphatic carbocycles. The fraction of sp³-hybridized carbons (Fsp3) is 0.232. The largest absolute Gasteiger partial charge is 0.478 e. The molecule has 7 amide bonds. The van der Waals surface area contributed by atoms with Gasteiger partial charge in [-0.3, -0.25) is 48.3 Å². The van der Waals surface area contributed by atoms with Crippen LogP contribution in [0, 0.1) is 45.9 Å². The fourth-order valence-corrected chi connectivity index (χ4v) is 18.9. The summed E-state index contributed by atoms with van der Waals surface area (Å²) in [6.07, 6.45) is 12.1. The topological polar surface area (TPSA) is 390 Å². The van der Waals surface area contributed by atoms with E-state index in [1.807, 2.05) is 111 Å². The second kappa shape index (κ2) is 42.0. The Morgan fingerprint density at radius 3 is 0.905 bits per heavy atom. The molecule has 7 N–H and O–H groups in total. The Hall–Kier alpha value is -15.4. The number of nitriles is 2. The molecule has 21 rings (SSSR count). The molecule has 0 spiro atoms. The van der Waals surface area contributed by atoms with Gasteiger partial charge in [-0.2, -0.15) is 10.5 Å². The predicted octanol–water partition coefficient (Wildman–Crippen LogP) is 13.0. The molecular weight excluding hydrogens is 1820 g/mol. The summed E-state index contributed by atoms with van der Waals surface area (Å²) in [5.74, 6) is -6.07. The summed E-state index contributed by atoms with van der Waals surface area (Å²) in [5, 5.41) is 49.7. The molecule has 6 fully saturated rings. The Morgan fingerprint density at radius 2 is 0.635 bits per heavy atom. The summed E-state index contributed by atoms with van der Waals surface area (Å²) >= 11 is 4.15. The van der Waals surface area contributed by atoms with Crippen LogP contribution < -0.4 is 16.8 Å². The van der Waals surface area contributed by atoms with Crippen LogP contribution in [0.1, 0.15) is 118 Å². The lowest BCUT2D eigenvalue weighted by molar-refractivity contribution is 0.00807. The number of hydrogen-bond donors (Lipinski definition) is 5. The van der Waals surface area contributed by atoms with E-state index in [0.29, 0.717) is 119 Å². The van der Waals surface area contributed by atoms with Gasteiger partial charge < -0.3 is 69.8 Å². The lowest BCUT2D eigenvalue weighted by Gasteiger charge is -2.48. The Labute approximate surface area is 794 Å². The van der Waals surface area contributed by atoms with Crippen molar-refractivity contribution < 1.29 is 70.9 Å². The van der Waals surface area contributed by atoms with E-state index < -0.39 is 47.0 Å². The molecule has 6 saturated heterocycles. The zero-order valence-corrected chi connectivity index (χ0v) is 74.4. The average molecular weight is 1910 g/mol. The molecule has 6 aliphatic rings. The third-order valence-electron chi connectivity index (χ3n) is 24.7. The van der Waals surface area contributed by atoms with Crippen molar-refractivity contribution in [3.8, 4) is 34.9 Å². The van der Waals surface area contributed by atoms with Gasteiger partial charge in [0.05, 0.1) is 55.4 Å². The van der Waals surface area contributed by atoms with E-state index >= 15 is 0 Å². The molecule has 0 radical (unpaired) electrons. The number of likely N-dealkylation sites (tertiary alicyclic amines) is 2. The van der Waals surface area contributed by atoms with E-state index in [9.17, 15) is 60.7 Å². The van der Waals surface area contributed by atoms with E-state index in [2.05, 4.69) is 35.0 Å². The number of primary amides is 2. The van der Waals surface area contributed by atoms with Gasteiger partial charge in [0.2, 0.25) is 0 Å². The number of nitrogens with two attached hydrogens (primary N) is 2. The second-order valence-electron chi connectivity index (χ2n) is 32.6. The van der Waals surface area contributed by atoms with Crippen molar-refractivity contribution in [1.29, 1.82) is 10.5 Å². The van der Waals surface area contributed by atoms with Crippen molar-refractivity contribution in [2.24, 2.45) is 11.5 Å². The highest BCUT2D eigenvalue weighted by atomic mass is 32.1. The lowest BCUT2D eigenvalue weighted by atomic mass is 10.0. The van der Waals surface area contributed by atoms with Gasteiger partial charge in [0.15, 0.2) is 15.0 Å². The Bertz CT molecular complexity index is 7150. The average Bonchev–Trinajstić information content (AvgIpc) is 1.76. The number of nitrogens with zero attached hydrogens (tertiary/aromatic N) is 17. The van der Waals surface area contributed by atoms with Crippen LogP contribution >= 0.6 is 34.0 Å². The van der Waals surface area contributed by atoms with Crippen LogP contribution in [0.5, 0.6) is 0 Å². The number of carboxylic acid groups (broad SMARTS) is 2. The Balaban J connectivity index is 0.000000134. The number of benzene rings is 8. The monoisotopic (exact) mass is 1910 g/mol. The number of carbonyl (C=O) groups is 9. The minimum absolute atomic E-state index is 0. The summed E-state index contributed by atoms with van der Waals surface area (Å²) in [6, 6.07) is 49.8. The standard InChI is InChI=1S/C27H25FN6O3S.C27H23FN6O2S.C16H11FN2O3.C16H9FN2O2.C11H16N4OS.2CH4/c28-22-3-2-19(14-21(22)24(29)35)34-7-5-17-13-18(1-4-23(17)34)26(36)33-15-20(16-33)31-8-10-32(11-9-31)27(37)25-30-6-12-38-25;28-23-3-2-21(14-20(23)15-29)34-7-5-18-13-19(1-4-24(18)34)26(35)33-16-22(17-33)31-8-10-32(11-9-31)27(36)25-30-6-12-37-25;17-13-3-2-11(8-12(13)15(18)20)19-6-5-9-7-10(16(21)22)1-4-14(9)19;17-14-3-2-13(8-12(14)9-18)19-6-5-10-7-11(16(20)21)1-4-15(10)19;16-11(10-13-1-6-17-10)15-4-2-14(3-5-15)9-7-12-8-9;;/h1-7,12-14,20H,8-11,15-16H2,(H2,29,35);1-7,12-14,22H,8-11,16-17H2;1-8H,(H2,18,20)(H,21,22);1-8H,(H,20,21);1,6,9,12H,2-5,7-8H2;2*1H4. The number of fused-ring (bicyclic) bond motifs is 4. The predicted molar refractivity (Wildman–Crippen MR) is 512 cm³/mol. The molecule has 6 aliphatic heterocycles. The molecule has 7 aromatic heterocycles. The maximum atomic E-state index is 13.9. The van der Waals surface area contributed by atoms with Crippen molar-refractivity contribution in [3.05, 3.63) is 312 Å². The minimum Gasteiger partial charge on any atom is -0.478 e. The van der Waals surface area contributed by atoms with Crippen LogP contribution in [0.4, 0.5) is 17.6 Å². The van der Waals surface area contributed by atoms with Crippen LogP contribution in [-0.4, -0.2) is 272 Å². The fourth-order valence-electron chi connectivity index (χ4n) is 17.1. The number of carbonyl (C=O) groups excluding carboxylic acids is 7. The number of aromatic nitrogens is 7. The number of carboxylic acids is 2. The Morgan fingerprint density at radius 1 is 0.350 bits per heavy atom. The first-order chi connectivity index (χ1) is 65.3. The number of rotatable bonds is 16. The normalized spacial score (nSPS) is 15.2. The molecule has 15 aromatic rings. The van der Waals surface area contributed by atoms with E-state index in [0.717, 1.165) is 109 Å². The van der Waals surface area contributed by atoms with Crippen molar-refractivity contribution in [2.75, 3.05) is 118 Å². The number of amides is 7. The van der Waals surface area contributed by atoms with Crippen LogP contribution in [0.25, 0.3) is 66.4 Å². The summed E-state index contributed by atoms with van der Waals surface area (Å²) in [5.41, 5.74) is 17.4. The van der Waals surface area contributed by atoms with Gasteiger partial charge in [-0.25, -0.2) is 42.1 Å². The smallest absolute Gasteiger partial charge is 0.335 e. The maximum Gasteiger partial charge on any atom is 0.335 e. The SMILES string of the molecule is C.C.N#Cc1cc(-n2ccc3cc(C(=O)N4CC(N5CCN(C(=O)c6nccs6)CC5)C4)ccc32)ccc1F.N#Cc1cc(-n2ccc3cc(C(=O)O)ccc32)ccc1F.NC(=O)c1cc(-n2ccc3cc(C(=O)N4CC(N5CCN(C(=O)c6nccs6)CC5)C4)ccc32)ccc1F.NC(=O)c1cc(-n2ccc3cc(C(=O)O)ccc32)ccc1F.O=C(c1nccs1)N1CCN(C2CNC2)CC1. The summed E-state index contributed by atoms with van der Waals surface area (Å²) in [4.78, 5) is 137. The molecule has 8 aromatic carbocycles. The number of nitrogens with one attached hydrogen (secondary N) is 1. The second-order valence-corrected chi connectivity index (χ2v) is 35.3. The highest BCUT2D eigenvalue weighted by Crippen LogP contribution is 2.32. The number of aromatic carboxylic acids is 2. The molecule has 31 nitrogen and oxygen atoms in total. The first kappa shape index (κ1) is 96.2. The number of thiazole rings is 3. The van der Waals surface area contributed by atoms with Crippen molar-refractivity contribution in [1.82, 2.24) is 77.7 Å². The molecular formula is C99H92F4N20O11S3. The van der Waals surface area contributed by atoms with Crippen molar-refractivity contribution in [2.45, 2.75) is 33.0 Å². The quantitative estimate of drug-likeness (QED) is 0.0561. The molecule has 0 saturated carbocycles. The number of piperazine rings is 3. The zero-order chi connectivity index (χ0) is 94.4. The van der Waals surface area contributed by atoms with Crippen molar-refractivity contribution >= 4 is 131 Å². The van der Waals surface area contributed by atoms with E-state index in [-0.39, 0.29) is 77.8 Å². The van der Waals surface area contributed by atoms with Crippen LogP contribution in [-0.2, 0) is 0 Å². The van der Waals surface area contributed by atoms with Gasteiger partial charge >= 0.3 is 11.9 Å². The number of halogens is 4. The first-order valence-electron chi connectivity index (χ1n) is 42.9. The molecule has 0 atom stereocenters. The molecule has 700 valence electrons. The van der Waals surface area contributed by atoms with Gasteiger partial charge in [-0.15, -0.1) is 34.0 Å². The minimum atomic E-state index is -1.01. The molecule has 13 heterocycles. The van der Waals surface area contributed by atoms with Crippen LogP contribution in [0.3, 0.4) is 0 Å². The third kappa shape index (κ3) is 20.8. The van der Waals surface area contributed by atoms with Gasteiger partial charge in [0, 0.05) is 251 Å². The molecule has 0 bridgehead atoms. The van der Waals surface area contributed by atoms with E-state index in [1.54, 1.807) is 107 Å². The van der Waals surface area contributed by atoms with Crippen LogP contribution in [0.2, 0.25) is 0 Å². The maximum absolute atomic E-state index is 13.9. The van der Waals surface area contributed by atoms with E-state index in [1.165, 1.54) is 101 Å². The van der Waals surface area contributed by atoms with Gasteiger partial charge in [-0.05, 0) is 170 Å². The van der Waals surface area contributed by atoms with E-state index in [4.69, 9.17) is 32.2 Å². The van der Waals surface area contributed by atoms with Gasteiger partial charge in [0.1, 0.15) is 35.4 Å². The molecule has 0 unspecified atom stereocenters. The van der Waals surface area contributed by atoms with Gasteiger partial charge in [0.25, 0.3) is 41.4 Å². The highest BCUT2D eigenvalue weighted by molar-refractivity contribution is 7.12. The summed E-state index contributed by atoms with van der Waals surface area (Å²) in [6.45, 7) is 14.3. The van der Waals surface area contributed by atoms with Crippen LogP contribution in [0.15, 0.2) is 229 Å². The summed E-state index contributed by atoms with van der Waals surface area (Å²) < 4.78 is 61.8. The lowest BCUT2D eigenvalue weighted by Crippen LogP contribution is -2.64. The highest BCUT2D eigenvalue weighted by Gasteiger charge is 2.40. The summed E-state index contributed by atoms with van der Waals surface area (Å²) in [7, 11) is 0.